The average Bonchev–Trinajstić information content (AvgIpc) is 2.42. The summed E-state index contributed by atoms with van der Waals surface area (Å²) >= 11 is 0. The van der Waals surface area contributed by atoms with Crippen molar-refractivity contribution in [2.45, 2.75) is 19.9 Å². The smallest absolute Gasteiger partial charge is 0.244 e. The normalized spacial score (nSPS) is 10.6. The van der Waals surface area contributed by atoms with Crippen molar-refractivity contribution in [3.8, 4) is 11.5 Å². The summed E-state index contributed by atoms with van der Waals surface area (Å²) in [6, 6.07) is 5.61. The predicted octanol–water partition coefficient (Wildman–Crippen LogP) is 2.80. The van der Waals surface area contributed by atoms with E-state index in [0.29, 0.717) is 18.1 Å². The van der Waals surface area contributed by atoms with Crippen LogP contribution in [0.15, 0.2) is 36.9 Å². The molecule has 1 aromatic rings. The monoisotopic (exact) mass is 275 g/mol. The van der Waals surface area contributed by atoms with Gasteiger partial charge in [0.15, 0.2) is 11.5 Å². The summed E-state index contributed by atoms with van der Waals surface area (Å²) in [6.45, 7) is 7.85. The maximum Gasteiger partial charge on any atom is 0.244 e. The molecule has 0 aliphatic carbocycles. The molecule has 1 amide bonds. The first-order chi connectivity index (χ1) is 9.56. The first kappa shape index (κ1) is 15.8. The van der Waals surface area contributed by atoms with E-state index in [2.05, 4.69) is 11.9 Å². The van der Waals surface area contributed by atoms with Gasteiger partial charge in [0.1, 0.15) is 6.61 Å². The van der Waals surface area contributed by atoms with E-state index in [9.17, 15) is 4.79 Å². The summed E-state index contributed by atoms with van der Waals surface area (Å²) in [5, 5.41) is 2.79. The fraction of sp³-hybridized carbons (Fsp3) is 0.312. The summed E-state index contributed by atoms with van der Waals surface area (Å²) in [7, 11) is 1.58. The Morgan fingerprint density at radius 1 is 1.40 bits per heavy atom. The molecule has 0 aliphatic rings. The highest BCUT2D eigenvalue weighted by Crippen LogP contribution is 2.28. The van der Waals surface area contributed by atoms with Crippen LogP contribution in [-0.4, -0.2) is 25.7 Å². The van der Waals surface area contributed by atoms with E-state index in [1.165, 1.54) is 6.08 Å². The first-order valence-electron chi connectivity index (χ1n) is 6.47. The molecule has 0 fully saturated rings. The van der Waals surface area contributed by atoms with Gasteiger partial charge in [0.25, 0.3) is 0 Å². The Labute approximate surface area is 120 Å². The summed E-state index contributed by atoms with van der Waals surface area (Å²) in [4.78, 5) is 11.5. The number of carbonyl (C=O) groups excluding carboxylic acids is 1. The van der Waals surface area contributed by atoms with Crippen LogP contribution < -0.4 is 14.8 Å². The average molecular weight is 275 g/mol. The van der Waals surface area contributed by atoms with Crippen molar-refractivity contribution in [2.75, 3.05) is 13.7 Å². The zero-order valence-electron chi connectivity index (χ0n) is 12.2. The fourth-order valence-corrected chi connectivity index (χ4v) is 1.56. The van der Waals surface area contributed by atoms with Crippen LogP contribution in [-0.2, 0) is 4.79 Å². The molecule has 0 saturated carbocycles. The molecule has 0 radical (unpaired) electrons. The summed E-state index contributed by atoms with van der Waals surface area (Å²) in [6.07, 6.45) is 4.90. The topological polar surface area (TPSA) is 47.6 Å². The van der Waals surface area contributed by atoms with Crippen LogP contribution in [0, 0.1) is 0 Å². The number of carbonyl (C=O) groups is 1. The number of rotatable bonds is 7. The van der Waals surface area contributed by atoms with Crippen LogP contribution in [0.5, 0.6) is 11.5 Å². The van der Waals surface area contributed by atoms with E-state index in [1.54, 1.807) is 19.3 Å². The summed E-state index contributed by atoms with van der Waals surface area (Å²) < 4.78 is 10.7. The molecule has 0 aromatic heterocycles. The van der Waals surface area contributed by atoms with Gasteiger partial charge in [-0.05, 0) is 37.6 Å². The molecule has 0 aliphatic heterocycles. The molecule has 4 nitrogen and oxygen atoms in total. The van der Waals surface area contributed by atoms with E-state index in [1.807, 2.05) is 32.0 Å². The Morgan fingerprint density at radius 3 is 2.75 bits per heavy atom. The maximum absolute atomic E-state index is 11.5. The van der Waals surface area contributed by atoms with Crippen molar-refractivity contribution in [2.24, 2.45) is 0 Å². The maximum atomic E-state index is 11.5. The van der Waals surface area contributed by atoms with Crippen molar-refractivity contribution in [3.63, 3.8) is 0 Å². The molecule has 108 valence electrons. The van der Waals surface area contributed by atoms with Crippen LogP contribution in [0.25, 0.3) is 6.08 Å². The quantitative estimate of drug-likeness (QED) is 0.615. The third-order valence-electron chi connectivity index (χ3n) is 2.40. The van der Waals surface area contributed by atoms with Crippen molar-refractivity contribution in [1.82, 2.24) is 5.32 Å². The van der Waals surface area contributed by atoms with E-state index in [4.69, 9.17) is 9.47 Å². The molecule has 1 aromatic carbocycles. The van der Waals surface area contributed by atoms with Gasteiger partial charge < -0.3 is 14.8 Å². The van der Waals surface area contributed by atoms with Gasteiger partial charge >= 0.3 is 0 Å². The van der Waals surface area contributed by atoms with Crippen molar-refractivity contribution < 1.29 is 14.3 Å². The van der Waals surface area contributed by atoms with Gasteiger partial charge in [0.2, 0.25) is 5.91 Å². The Morgan fingerprint density at radius 2 is 2.15 bits per heavy atom. The highest BCUT2D eigenvalue weighted by molar-refractivity contribution is 5.91. The number of ether oxygens (including phenoxy) is 2. The zero-order chi connectivity index (χ0) is 15.0. The number of hydrogen-bond donors (Lipinski definition) is 1. The second-order valence-corrected chi connectivity index (χ2v) is 4.51. The lowest BCUT2D eigenvalue weighted by molar-refractivity contribution is -0.116. The number of methoxy groups -OCH3 is 1. The van der Waals surface area contributed by atoms with Crippen molar-refractivity contribution in [1.29, 1.82) is 0 Å². The van der Waals surface area contributed by atoms with Gasteiger partial charge in [-0.3, -0.25) is 4.79 Å². The molecule has 0 heterocycles. The van der Waals surface area contributed by atoms with E-state index in [-0.39, 0.29) is 11.9 Å². The number of amides is 1. The van der Waals surface area contributed by atoms with Gasteiger partial charge in [-0.2, -0.15) is 0 Å². The fourth-order valence-electron chi connectivity index (χ4n) is 1.56. The number of nitrogens with one attached hydrogen (secondary N) is 1. The molecular formula is C16H21NO3. The van der Waals surface area contributed by atoms with E-state index < -0.39 is 0 Å². The lowest BCUT2D eigenvalue weighted by Gasteiger charge is -2.09. The molecule has 0 bridgehead atoms. The predicted molar refractivity (Wildman–Crippen MR) is 81.0 cm³/mol. The highest BCUT2D eigenvalue weighted by Gasteiger charge is 2.04. The largest absolute Gasteiger partial charge is 0.493 e. The molecule has 0 spiro atoms. The molecule has 1 N–H and O–H groups in total. The third kappa shape index (κ3) is 5.18. The van der Waals surface area contributed by atoms with Gasteiger partial charge in [0.05, 0.1) is 7.11 Å². The molecule has 1 rings (SSSR count). The minimum Gasteiger partial charge on any atom is -0.493 e. The second kappa shape index (κ2) is 8.04. The molecule has 0 atom stereocenters. The Hall–Kier alpha value is -2.23. The SMILES string of the molecule is C=CCOc1ccc(/C=C/C(=O)NC(C)C)cc1OC. The van der Waals surface area contributed by atoms with E-state index in [0.717, 1.165) is 5.56 Å². The van der Waals surface area contributed by atoms with Gasteiger partial charge in [-0.15, -0.1) is 0 Å². The van der Waals surface area contributed by atoms with Crippen LogP contribution >= 0.6 is 0 Å². The van der Waals surface area contributed by atoms with Gasteiger partial charge in [0, 0.05) is 12.1 Å². The molecule has 4 heteroatoms. The van der Waals surface area contributed by atoms with Crippen LogP contribution in [0.3, 0.4) is 0 Å². The molecule has 0 unspecified atom stereocenters. The minimum atomic E-state index is -0.119. The van der Waals surface area contributed by atoms with Crippen LogP contribution in [0.2, 0.25) is 0 Å². The van der Waals surface area contributed by atoms with E-state index >= 15 is 0 Å². The molecular weight excluding hydrogens is 254 g/mol. The van der Waals surface area contributed by atoms with Crippen LogP contribution in [0.4, 0.5) is 0 Å². The van der Waals surface area contributed by atoms with Crippen molar-refractivity contribution >= 4 is 12.0 Å². The minimum absolute atomic E-state index is 0.119. The third-order valence-corrected chi connectivity index (χ3v) is 2.40. The number of benzene rings is 1. The number of hydrogen-bond acceptors (Lipinski definition) is 3. The molecule has 20 heavy (non-hydrogen) atoms. The van der Waals surface area contributed by atoms with Crippen LogP contribution in [0.1, 0.15) is 19.4 Å². The second-order valence-electron chi connectivity index (χ2n) is 4.51. The Kier molecular flexibility index (Phi) is 6.37. The lowest BCUT2D eigenvalue weighted by Crippen LogP contribution is -2.28. The van der Waals surface area contributed by atoms with Gasteiger partial charge in [-0.1, -0.05) is 18.7 Å². The van der Waals surface area contributed by atoms with Gasteiger partial charge in [-0.25, -0.2) is 0 Å². The Balaban J connectivity index is 2.79. The lowest BCUT2D eigenvalue weighted by atomic mass is 10.2. The summed E-state index contributed by atoms with van der Waals surface area (Å²) in [5.41, 5.74) is 0.867. The van der Waals surface area contributed by atoms with Crippen molar-refractivity contribution in [3.05, 3.63) is 42.5 Å². The highest BCUT2D eigenvalue weighted by atomic mass is 16.5. The summed E-state index contributed by atoms with van der Waals surface area (Å²) in [5.74, 6) is 1.15. The standard InChI is InChI=1S/C16H21NO3/c1-5-10-20-14-8-6-13(11-15(14)19-4)7-9-16(18)17-12(2)3/h5-9,11-12H,1,10H2,2-4H3,(H,17,18)/b9-7+. The molecule has 0 saturated heterocycles. The Bertz CT molecular complexity index is 492. The zero-order valence-corrected chi connectivity index (χ0v) is 12.2. The first-order valence-corrected chi connectivity index (χ1v) is 6.47.